The Morgan fingerprint density at radius 1 is 1.37 bits per heavy atom. The van der Waals surface area contributed by atoms with E-state index < -0.39 is 21.9 Å². The molecule has 0 amide bonds. The van der Waals surface area contributed by atoms with Crippen LogP contribution in [0.2, 0.25) is 0 Å². The smallest absolute Gasteiger partial charge is 0.387 e. The van der Waals surface area contributed by atoms with E-state index in [1.54, 1.807) is 6.92 Å². The average Bonchev–Trinajstić information content (AvgIpc) is 2.32. The molecule has 0 aliphatic rings. The minimum absolute atomic E-state index is 0.0327. The Morgan fingerprint density at radius 3 is 2.53 bits per heavy atom. The summed E-state index contributed by atoms with van der Waals surface area (Å²) in [6, 6.07) is 5.58. The first-order valence-electron chi connectivity index (χ1n) is 5.66. The summed E-state index contributed by atoms with van der Waals surface area (Å²) in [5.74, 6) is -0.229. The number of rotatable bonds is 7. The first-order valence-corrected chi connectivity index (χ1v) is 7.20. The summed E-state index contributed by atoms with van der Waals surface area (Å²) >= 11 is 0. The van der Waals surface area contributed by atoms with E-state index >= 15 is 0 Å². The largest absolute Gasteiger partial charge is 0.433 e. The Balaban J connectivity index is 2.99. The lowest BCUT2D eigenvalue weighted by Crippen LogP contribution is -2.33. The van der Waals surface area contributed by atoms with Crippen molar-refractivity contribution in [2.75, 3.05) is 11.3 Å². The van der Waals surface area contributed by atoms with Crippen LogP contribution in [0.1, 0.15) is 13.3 Å². The van der Waals surface area contributed by atoms with E-state index in [-0.39, 0.29) is 18.0 Å². The molecule has 108 valence electrons. The van der Waals surface area contributed by atoms with Crippen molar-refractivity contribution in [2.45, 2.75) is 25.2 Å². The van der Waals surface area contributed by atoms with Crippen LogP contribution in [-0.4, -0.2) is 26.8 Å². The van der Waals surface area contributed by atoms with Crippen molar-refractivity contribution in [1.82, 2.24) is 0 Å². The molecule has 0 aliphatic carbocycles. The summed E-state index contributed by atoms with van der Waals surface area (Å²) in [6.45, 7) is -1.40. The zero-order valence-corrected chi connectivity index (χ0v) is 11.2. The highest BCUT2D eigenvalue weighted by Crippen LogP contribution is 2.27. The Labute approximate surface area is 110 Å². The molecule has 3 N–H and O–H groups in total. The molecule has 8 heteroatoms. The molecule has 0 heterocycles. The Bertz CT molecular complexity index is 504. The molecule has 0 fully saturated rings. The highest BCUT2D eigenvalue weighted by Gasteiger charge is 2.23. The van der Waals surface area contributed by atoms with E-state index in [2.05, 4.69) is 9.46 Å². The molecule has 19 heavy (non-hydrogen) atoms. The molecule has 0 saturated carbocycles. The van der Waals surface area contributed by atoms with Gasteiger partial charge in [0.1, 0.15) is 5.75 Å². The maximum absolute atomic E-state index is 12.2. The molecule has 0 aromatic heterocycles. The summed E-state index contributed by atoms with van der Waals surface area (Å²) in [7, 11) is -3.73. The van der Waals surface area contributed by atoms with Crippen LogP contribution < -0.4 is 15.2 Å². The minimum atomic E-state index is -3.73. The molecule has 1 rings (SSSR count). The molecule has 1 aromatic carbocycles. The van der Waals surface area contributed by atoms with Gasteiger partial charge in [-0.15, -0.1) is 0 Å². The predicted octanol–water partition coefficient (Wildman–Crippen LogP) is 1.77. The molecule has 0 aliphatic heterocycles. The van der Waals surface area contributed by atoms with Gasteiger partial charge in [0.05, 0.1) is 10.9 Å². The SMILES string of the molecule is CCC(CN)S(=O)(=O)Nc1ccccc1OC(F)F. The van der Waals surface area contributed by atoms with Crippen LogP contribution in [0, 0.1) is 0 Å². The van der Waals surface area contributed by atoms with Gasteiger partial charge >= 0.3 is 6.61 Å². The van der Waals surface area contributed by atoms with Gasteiger partial charge in [-0.25, -0.2) is 8.42 Å². The van der Waals surface area contributed by atoms with E-state index in [1.807, 2.05) is 0 Å². The fourth-order valence-electron chi connectivity index (χ4n) is 1.50. The molecular formula is C11H16F2N2O3S. The Morgan fingerprint density at radius 2 is 2.00 bits per heavy atom. The number of anilines is 1. The maximum atomic E-state index is 12.2. The van der Waals surface area contributed by atoms with Crippen molar-refractivity contribution in [3.05, 3.63) is 24.3 Å². The highest BCUT2D eigenvalue weighted by atomic mass is 32.2. The number of hydrogen-bond donors (Lipinski definition) is 2. The minimum Gasteiger partial charge on any atom is -0.433 e. The fraction of sp³-hybridized carbons (Fsp3) is 0.455. The van der Waals surface area contributed by atoms with E-state index in [1.165, 1.54) is 24.3 Å². The first-order chi connectivity index (χ1) is 8.90. The molecule has 0 spiro atoms. The van der Waals surface area contributed by atoms with Crippen molar-refractivity contribution in [3.8, 4) is 5.75 Å². The van der Waals surface area contributed by atoms with Crippen LogP contribution in [-0.2, 0) is 10.0 Å². The molecule has 0 radical (unpaired) electrons. The predicted molar refractivity (Wildman–Crippen MR) is 68.7 cm³/mol. The Kier molecular flexibility index (Phi) is 5.49. The van der Waals surface area contributed by atoms with Gasteiger partial charge in [-0.3, -0.25) is 4.72 Å². The van der Waals surface area contributed by atoms with Crippen molar-refractivity contribution in [3.63, 3.8) is 0 Å². The number of nitrogens with one attached hydrogen (secondary N) is 1. The third-order valence-corrected chi connectivity index (χ3v) is 4.42. The number of hydrogen-bond acceptors (Lipinski definition) is 4. The van der Waals surface area contributed by atoms with Crippen LogP contribution in [0.15, 0.2) is 24.3 Å². The normalized spacial score (nSPS) is 13.3. The van der Waals surface area contributed by atoms with Gasteiger partial charge in [0, 0.05) is 6.54 Å². The zero-order valence-electron chi connectivity index (χ0n) is 10.3. The molecule has 5 nitrogen and oxygen atoms in total. The number of para-hydroxylation sites is 2. The van der Waals surface area contributed by atoms with Crippen LogP contribution in [0.25, 0.3) is 0 Å². The maximum Gasteiger partial charge on any atom is 0.387 e. The third kappa shape index (κ3) is 4.32. The number of alkyl halides is 2. The second-order valence-electron chi connectivity index (χ2n) is 3.79. The number of ether oxygens (including phenoxy) is 1. The van der Waals surface area contributed by atoms with Gasteiger partial charge in [-0.05, 0) is 18.6 Å². The monoisotopic (exact) mass is 294 g/mol. The number of nitrogens with two attached hydrogens (primary N) is 1. The third-order valence-electron chi connectivity index (χ3n) is 2.51. The van der Waals surface area contributed by atoms with Gasteiger partial charge in [0.15, 0.2) is 0 Å². The average molecular weight is 294 g/mol. The van der Waals surface area contributed by atoms with Gasteiger partial charge in [0.2, 0.25) is 10.0 Å². The van der Waals surface area contributed by atoms with Crippen LogP contribution in [0.3, 0.4) is 0 Å². The molecule has 1 atom stereocenters. The topological polar surface area (TPSA) is 81.4 Å². The molecule has 1 aromatic rings. The van der Waals surface area contributed by atoms with Gasteiger partial charge in [-0.2, -0.15) is 8.78 Å². The van der Waals surface area contributed by atoms with Gasteiger partial charge < -0.3 is 10.5 Å². The van der Waals surface area contributed by atoms with E-state index in [4.69, 9.17) is 5.73 Å². The van der Waals surface area contributed by atoms with E-state index in [9.17, 15) is 17.2 Å². The quantitative estimate of drug-likeness (QED) is 0.803. The molecule has 1 unspecified atom stereocenters. The fourth-order valence-corrected chi connectivity index (χ4v) is 2.83. The molecule has 0 bridgehead atoms. The molecule has 0 saturated heterocycles. The van der Waals surface area contributed by atoms with Crippen LogP contribution in [0.4, 0.5) is 14.5 Å². The zero-order chi connectivity index (χ0) is 14.5. The second-order valence-corrected chi connectivity index (χ2v) is 5.75. The highest BCUT2D eigenvalue weighted by molar-refractivity contribution is 7.93. The lowest BCUT2D eigenvalue weighted by atomic mass is 10.3. The van der Waals surface area contributed by atoms with E-state index in [0.29, 0.717) is 6.42 Å². The second kappa shape index (κ2) is 6.67. The standard InChI is InChI=1S/C11H16F2N2O3S/c1-2-8(7-14)19(16,17)15-9-5-3-4-6-10(9)18-11(12)13/h3-6,8,11,15H,2,7,14H2,1H3. The molecular weight excluding hydrogens is 278 g/mol. The van der Waals surface area contributed by atoms with Crippen molar-refractivity contribution >= 4 is 15.7 Å². The van der Waals surface area contributed by atoms with E-state index in [0.717, 1.165) is 0 Å². The number of benzene rings is 1. The summed E-state index contributed by atoms with van der Waals surface area (Å²) in [5.41, 5.74) is 5.34. The number of halogens is 2. The van der Waals surface area contributed by atoms with Crippen LogP contribution in [0.5, 0.6) is 5.75 Å². The van der Waals surface area contributed by atoms with Crippen LogP contribution >= 0.6 is 0 Å². The first kappa shape index (κ1) is 15.6. The lowest BCUT2D eigenvalue weighted by Gasteiger charge is -2.17. The summed E-state index contributed by atoms with van der Waals surface area (Å²) in [6.07, 6.45) is 0.323. The van der Waals surface area contributed by atoms with Crippen molar-refractivity contribution < 1.29 is 21.9 Å². The number of sulfonamides is 1. The summed E-state index contributed by atoms with van der Waals surface area (Å²) in [4.78, 5) is 0. The van der Waals surface area contributed by atoms with Crippen molar-refractivity contribution in [1.29, 1.82) is 0 Å². The van der Waals surface area contributed by atoms with Gasteiger partial charge in [0.25, 0.3) is 0 Å². The summed E-state index contributed by atoms with van der Waals surface area (Å²) < 4.78 is 54.8. The summed E-state index contributed by atoms with van der Waals surface area (Å²) in [5, 5.41) is -0.785. The van der Waals surface area contributed by atoms with Gasteiger partial charge in [-0.1, -0.05) is 19.1 Å². The Hall–Kier alpha value is -1.41. The van der Waals surface area contributed by atoms with Crippen molar-refractivity contribution in [2.24, 2.45) is 5.73 Å². The lowest BCUT2D eigenvalue weighted by molar-refractivity contribution is -0.0493.